The molecule has 0 unspecified atom stereocenters. The molecule has 92 valence electrons. The summed E-state index contributed by atoms with van der Waals surface area (Å²) in [5.41, 5.74) is 0. The van der Waals surface area contributed by atoms with E-state index in [2.05, 4.69) is 38.1 Å². The molecule has 0 spiro atoms. The number of aromatic nitrogens is 2. The Hall–Kier alpha value is -1.03. The maximum absolute atomic E-state index is 5.57. The normalized spacial score (nSPS) is 11.4. The zero-order valence-corrected chi connectivity index (χ0v) is 10.7. The largest absolute Gasteiger partial charge is 0.489 e. The van der Waals surface area contributed by atoms with E-state index in [0.29, 0.717) is 18.6 Å². The molecule has 0 bridgehead atoms. The molecule has 1 rings (SSSR count). The molecule has 1 heterocycles. The third kappa shape index (κ3) is 4.66. The van der Waals surface area contributed by atoms with E-state index in [1.165, 1.54) is 0 Å². The van der Waals surface area contributed by atoms with Gasteiger partial charge in [0.15, 0.2) is 5.75 Å². The van der Waals surface area contributed by atoms with E-state index in [4.69, 9.17) is 4.74 Å². The van der Waals surface area contributed by atoms with Crippen LogP contribution in [0.1, 0.15) is 33.7 Å². The molecule has 0 saturated heterocycles. The molecule has 4 nitrogen and oxygen atoms in total. The zero-order chi connectivity index (χ0) is 12.0. The number of rotatable bonds is 7. The lowest BCUT2D eigenvalue weighted by Crippen LogP contribution is -2.24. The summed E-state index contributed by atoms with van der Waals surface area (Å²) in [4.78, 5) is 0. The number of ether oxygens (including phenoxy) is 1. The Morgan fingerprint density at radius 2 is 2.12 bits per heavy atom. The summed E-state index contributed by atoms with van der Waals surface area (Å²) < 4.78 is 7.47. The minimum Gasteiger partial charge on any atom is -0.489 e. The number of hydrogen-bond donors (Lipinski definition) is 1. The molecule has 0 aliphatic rings. The van der Waals surface area contributed by atoms with E-state index in [0.717, 1.165) is 18.8 Å². The van der Waals surface area contributed by atoms with Gasteiger partial charge in [0.1, 0.15) is 6.61 Å². The minimum absolute atomic E-state index is 0.386. The highest BCUT2D eigenvalue weighted by Gasteiger charge is 2.01. The van der Waals surface area contributed by atoms with Crippen LogP contribution in [0, 0.1) is 5.92 Å². The second-order valence-corrected chi connectivity index (χ2v) is 4.70. The van der Waals surface area contributed by atoms with Crippen LogP contribution in [0.25, 0.3) is 0 Å². The molecule has 0 atom stereocenters. The Morgan fingerprint density at radius 1 is 1.38 bits per heavy atom. The second kappa shape index (κ2) is 6.53. The smallest absolute Gasteiger partial charge is 0.157 e. The average molecular weight is 225 g/mol. The molecule has 0 radical (unpaired) electrons. The van der Waals surface area contributed by atoms with Crippen molar-refractivity contribution in [3.8, 4) is 5.75 Å². The Labute approximate surface area is 98.0 Å². The zero-order valence-electron chi connectivity index (χ0n) is 10.7. The molecule has 0 fully saturated rings. The van der Waals surface area contributed by atoms with Gasteiger partial charge >= 0.3 is 0 Å². The molecule has 0 saturated carbocycles. The van der Waals surface area contributed by atoms with Crippen molar-refractivity contribution in [3.05, 3.63) is 12.4 Å². The van der Waals surface area contributed by atoms with Crippen molar-refractivity contribution in [1.82, 2.24) is 15.1 Å². The van der Waals surface area contributed by atoms with Gasteiger partial charge in [-0.1, -0.05) is 13.8 Å². The van der Waals surface area contributed by atoms with E-state index in [1.807, 2.05) is 10.9 Å². The van der Waals surface area contributed by atoms with Crippen molar-refractivity contribution in [2.24, 2.45) is 5.92 Å². The molecule has 0 amide bonds. The predicted molar refractivity (Wildman–Crippen MR) is 65.8 cm³/mol. The molecule has 1 aromatic rings. The molecule has 0 aliphatic heterocycles. The fourth-order valence-electron chi connectivity index (χ4n) is 1.31. The van der Waals surface area contributed by atoms with E-state index >= 15 is 0 Å². The lowest BCUT2D eigenvalue weighted by atomic mass is 10.2. The summed E-state index contributed by atoms with van der Waals surface area (Å²) in [5, 5.41) is 7.55. The first kappa shape index (κ1) is 13.0. The van der Waals surface area contributed by atoms with Crippen LogP contribution in [0.3, 0.4) is 0 Å². The Bertz CT molecular complexity index is 294. The Morgan fingerprint density at radius 3 is 2.69 bits per heavy atom. The highest BCUT2D eigenvalue weighted by Crippen LogP contribution is 2.11. The standard InChI is InChI=1S/C12H23N3O/c1-10(2)7-13-5-6-16-12-8-14-15(9-12)11(3)4/h8-11,13H,5-7H2,1-4H3. The van der Waals surface area contributed by atoms with Crippen LogP contribution in [-0.4, -0.2) is 29.5 Å². The van der Waals surface area contributed by atoms with Crippen molar-refractivity contribution in [2.75, 3.05) is 19.7 Å². The third-order valence-electron chi connectivity index (χ3n) is 2.21. The van der Waals surface area contributed by atoms with Gasteiger partial charge < -0.3 is 10.1 Å². The van der Waals surface area contributed by atoms with Gasteiger partial charge in [-0.2, -0.15) is 5.10 Å². The van der Waals surface area contributed by atoms with Crippen molar-refractivity contribution < 1.29 is 4.74 Å². The quantitative estimate of drug-likeness (QED) is 0.722. The summed E-state index contributed by atoms with van der Waals surface area (Å²) in [6.07, 6.45) is 3.70. The molecule has 16 heavy (non-hydrogen) atoms. The van der Waals surface area contributed by atoms with Gasteiger partial charge in [-0.25, -0.2) is 0 Å². The summed E-state index contributed by atoms with van der Waals surface area (Å²) in [6, 6.07) is 0.386. The van der Waals surface area contributed by atoms with Gasteiger partial charge in [0.05, 0.1) is 12.4 Å². The summed E-state index contributed by atoms with van der Waals surface area (Å²) in [6.45, 7) is 11.2. The van der Waals surface area contributed by atoms with Gasteiger partial charge in [0.2, 0.25) is 0 Å². The molecular formula is C12H23N3O. The molecule has 1 N–H and O–H groups in total. The van der Waals surface area contributed by atoms with Crippen LogP contribution in [-0.2, 0) is 0 Å². The fourth-order valence-corrected chi connectivity index (χ4v) is 1.31. The number of nitrogens with one attached hydrogen (secondary N) is 1. The predicted octanol–water partition coefficient (Wildman–Crippen LogP) is 2.09. The third-order valence-corrected chi connectivity index (χ3v) is 2.21. The lowest BCUT2D eigenvalue weighted by Gasteiger charge is -2.07. The molecular weight excluding hydrogens is 202 g/mol. The highest BCUT2D eigenvalue weighted by molar-refractivity contribution is 5.11. The summed E-state index contributed by atoms with van der Waals surface area (Å²) in [5.74, 6) is 1.53. The van der Waals surface area contributed by atoms with Crippen molar-refractivity contribution in [1.29, 1.82) is 0 Å². The van der Waals surface area contributed by atoms with E-state index in [-0.39, 0.29) is 0 Å². The van der Waals surface area contributed by atoms with Crippen LogP contribution in [0.4, 0.5) is 0 Å². The number of hydrogen-bond acceptors (Lipinski definition) is 3. The van der Waals surface area contributed by atoms with Crippen LogP contribution in [0.5, 0.6) is 5.75 Å². The fraction of sp³-hybridized carbons (Fsp3) is 0.750. The van der Waals surface area contributed by atoms with E-state index < -0.39 is 0 Å². The maximum atomic E-state index is 5.57. The van der Waals surface area contributed by atoms with Crippen molar-refractivity contribution in [3.63, 3.8) is 0 Å². The SMILES string of the molecule is CC(C)CNCCOc1cnn(C(C)C)c1. The molecule has 4 heteroatoms. The van der Waals surface area contributed by atoms with E-state index in [9.17, 15) is 0 Å². The van der Waals surface area contributed by atoms with Gasteiger partial charge in [-0.3, -0.25) is 4.68 Å². The Balaban J connectivity index is 2.17. The first-order valence-corrected chi connectivity index (χ1v) is 5.97. The first-order valence-electron chi connectivity index (χ1n) is 5.97. The first-order chi connectivity index (χ1) is 7.59. The molecule has 0 aromatic carbocycles. The van der Waals surface area contributed by atoms with Gasteiger partial charge in [-0.05, 0) is 26.3 Å². The van der Waals surface area contributed by atoms with Gasteiger partial charge in [-0.15, -0.1) is 0 Å². The van der Waals surface area contributed by atoms with Gasteiger partial charge in [0.25, 0.3) is 0 Å². The Kier molecular flexibility index (Phi) is 5.32. The van der Waals surface area contributed by atoms with Crippen LogP contribution < -0.4 is 10.1 Å². The van der Waals surface area contributed by atoms with Crippen LogP contribution in [0.15, 0.2) is 12.4 Å². The molecule has 1 aromatic heterocycles. The monoisotopic (exact) mass is 225 g/mol. The van der Waals surface area contributed by atoms with Gasteiger partial charge in [0, 0.05) is 12.6 Å². The maximum Gasteiger partial charge on any atom is 0.157 e. The van der Waals surface area contributed by atoms with Crippen LogP contribution >= 0.6 is 0 Å². The second-order valence-electron chi connectivity index (χ2n) is 4.70. The van der Waals surface area contributed by atoms with E-state index in [1.54, 1.807) is 6.20 Å². The lowest BCUT2D eigenvalue weighted by molar-refractivity contribution is 0.310. The summed E-state index contributed by atoms with van der Waals surface area (Å²) in [7, 11) is 0. The number of nitrogens with zero attached hydrogens (tertiary/aromatic N) is 2. The average Bonchev–Trinajstić information content (AvgIpc) is 2.65. The minimum atomic E-state index is 0.386. The summed E-state index contributed by atoms with van der Waals surface area (Å²) >= 11 is 0. The van der Waals surface area contributed by atoms with Crippen molar-refractivity contribution >= 4 is 0 Å². The highest BCUT2D eigenvalue weighted by atomic mass is 16.5. The van der Waals surface area contributed by atoms with Crippen LogP contribution in [0.2, 0.25) is 0 Å². The topological polar surface area (TPSA) is 39.1 Å². The van der Waals surface area contributed by atoms with Crippen molar-refractivity contribution in [2.45, 2.75) is 33.7 Å². The molecule has 0 aliphatic carbocycles.